The number of fused-ring (bicyclic) bond motifs is 1. The fourth-order valence-electron chi connectivity index (χ4n) is 2.07. The minimum Gasteiger partial charge on any atom is -0.529 e. The molecule has 1 N–H and O–H groups in total. The Morgan fingerprint density at radius 2 is 1.66 bits per heavy atom. The predicted octanol–water partition coefficient (Wildman–Crippen LogP) is 3.52. The van der Waals surface area contributed by atoms with E-state index in [4.69, 9.17) is 32.2 Å². The Morgan fingerprint density at radius 1 is 1.03 bits per heavy atom. The first-order valence-electron chi connectivity index (χ1n) is 8.47. The van der Waals surface area contributed by atoms with Crippen molar-refractivity contribution in [3.63, 3.8) is 0 Å². The van der Waals surface area contributed by atoms with Gasteiger partial charge < -0.3 is 9.05 Å². The zero-order valence-corrected chi connectivity index (χ0v) is 22.7. The molecular formula is C19H20Cl2KN2O3PS. The van der Waals surface area contributed by atoms with Crippen LogP contribution in [0.15, 0.2) is 59.6 Å². The summed E-state index contributed by atoms with van der Waals surface area (Å²) in [7, 11) is -0.814. The van der Waals surface area contributed by atoms with Crippen molar-refractivity contribution < 1.29 is 64.6 Å². The van der Waals surface area contributed by atoms with Crippen LogP contribution in [0.1, 0.15) is 13.8 Å². The molecule has 1 atom stereocenters. The van der Waals surface area contributed by atoms with E-state index >= 15 is 0 Å². The van der Waals surface area contributed by atoms with E-state index in [2.05, 4.69) is 9.71 Å². The minimum atomic E-state index is -1.46. The second-order valence-corrected chi connectivity index (χ2v) is 8.05. The third kappa shape index (κ3) is 10.0. The van der Waals surface area contributed by atoms with Gasteiger partial charge in [0.2, 0.25) is 0 Å². The van der Waals surface area contributed by atoms with E-state index in [1.807, 2.05) is 44.2 Å². The number of halogens is 2. The first-order valence-corrected chi connectivity index (χ1v) is 11.1. The third-order valence-electron chi connectivity index (χ3n) is 3.21. The maximum atomic E-state index is 12.3. The number of nitrogens with zero attached hydrogens (tertiary/aromatic N) is 1. The molecule has 3 rings (SSSR count). The predicted molar refractivity (Wildman–Crippen MR) is 118 cm³/mol. The molecular weight excluding hydrogens is 477 g/mol. The number of para-hydroxylation sites is 1. The summed E-state index contributed by atoms with van der Waals surface area (Å²) in [6, 6.07) is 14.5. The van der Waals surface area contributed by atoms with Gasteiger partial charge in [-0.1, -0.05) is 41.4 Å². The minimum absolute atomic E-state index is 0. The van der Waals surface area contributed by atoms with Crippen LogP contribution in [0.3, 0.4) is 0 Å². The molecule has 1 aromatic heterocycles. The molecule has 0 aliphatic carbocycles. The second kappa shape index (κ2) is 15.2. The molecule has 0 saturated carbocycles. The molecule has 29 heavy (non-hydrogen) atoms. The van der Waals surface area contributed by atoms with E-state index < -0.39 is 11.0 Å². The average molecular weight is 497 g/mol. The summed E-state index contributed by atoms with van der Waals surface area (Å²) in [5, 5.41) is 1.87. The van der Waals surface area contributed by atoms with Crippen LogP contribution in [-0.4, -0.2) is 22.4 Å². The Morgan fingerprint density at radius 3 is 2.28 bits per heavy atom. The van der Waals surface area contributed by atoms with Crippen molar-refractivity contribution in [2.24, 2.45) is 0 Å². The Kier molecular flexibility index (Phi) is 14.4. The number of aromatic nitrogens is 1. The molecule has 0 fully saturated rings. The van der Waals surface area contributed by atoms with Gasteiger partial charge in [0.15, 0.2) is 0 Å². The summed E-state index contributed by atoms with van der Waals surface area (Å²) in [5.41, 5.74) is 1.56. The van der Waals surface area contributed by atoms with Crippen LogP contribution in [0, 0.1) is 0 Å². The van der Waals surface area contributed by atoms with Gasteiger partial charge >= 0.3 is 51.4 Å². The number of anilines is 1. The van der Waals surface area contributed by atoms with Crippen LogP contribution < -0.4 is 56.1 Å². The fraction of sp³-hybridized carbons (Fsp3) is 0.211. The second-order valence-electron chi connectivity index (χ2n) is 5.30. The first kappa shape index (κ1) is 27.4. The van der Waals surface area contributed by atoms with E-state index in [9.17, 15) is 4.21 Å². The zero-order chi connectivity index (χ0) is 20.4. The van der Waals surface area contributed by atoms with Crippen molar-refractivity contribution in [3.05, 3.63) is 64.8 Å². The van der Waals surface area contributed by atoms with Crippen molar-refractivity contribution in [3.8, 4) is 0 Å². The van der Waals surface area contributed by atoms with Gasteiger partial charge in [0, 0.05) is 28.6 Å². The monoisotopic (exact) mass is 496 g/mol. The molecule has 5 nitrogen and oxygen atoms in total. The molecule has 0 bridgehead atoms. The zero-order valence-electron chi connectivity index (χ0n) is 16.4. The van der Waals surface area contributed by atoms with Gasteiger partial charge in [0.05, 0.1) is 22.3 Å². The van der Waals surface area contributed by atoms with E-state index in [1.165, 1.54) is 0 Å². The maximum Gasteiger partial charge on any atom is 1.00 e. The molecule has 0 aliphatic rings. The van der Waals surface area contributed by atoms with Crippen LogP contribution in [0.2, 0.25) is 10.0 Å². The quantitative estimate of drug-likeness (QED) is 0.309. The van der Waals surface area contributed by atoms with Gasteiger partial charge in [-0.15, -0.1) is 0 Å². The largest absolute Gasteiger partial charge is 1.00 e. The molecule has 0 radical (unpaired) electrons. The number of hydrogen-bond acceptors (Lipinski definition) is 4. The Labute approximate surface area is 228 Å². The number of pyridine rings is 1. The van der Waals surface area contributed by atoms with Crippen molar-refractivity contribution >= 4 is 59.8 Å². The molecule has 0 saturated heterocycles. The Balaban J connectivity index is 0.000000456. The van der Waals surface area contributed by atoms with Gasteiger partial charge in [-0.05, 0) is 44.2 Å². The van der Waals surface area contributed by atoms with Crippen molar-refractivity contribution in [1.82, 2.24) is 4.98 Å². The number of hydrogen-bond donors (Lipinski definition) is 1. The average Bonchev–Trinajstić information content (AvgIpc) is 2.68. The van der Waals surface area contributed by atoms with Crippen molar-refractivity contribution in [2.45, 2.75) is 18.7 Å². The molecule has 1 unspecified atom stereocenters. The van der Waals surface area contributed by atoms with E-state index in [0.29, 0.717) is 29.7 Å². The van der Waals surface area contributed by atoms with Gasteiger partial charge in [0.25, 0.3) is 0 Å². The molecule has 3 aromatic rings. The van der Waals surface area contributed by atoms with E-state index in [0.717, 1.165) is 24.1 Å². The molecule has 2 aromatic carbocycles. The Bertz CT molecular complexity index is 913. The summed E-state index contributed by atoms with van der Waals surface area (Å²) in [6.45, 7) is 5.32. The summed E-state index contributed by atoms with van der Waals surface area (Å²) < 4.78 is 24.9. The van der Waals surface area contributed by atoms with Crippen LogP contribution >= 0.6 is 32.2 Å². The molecule has 1 heterocycles. The third-order valence-corrected chi connectivity index (χ3v) is 5.46. The molecule has 0 spiro atoms. The molecule has 150 valence electrons. The number of nitrogens with one attached hydrogen (secondary N) is 1. The summed E-state index contributed by atoms with van der Waals surface area (Å²) in [4.78, 5) is 4.83. The van der Waals surface area contributed by atoms with E-state index in [-0.39, 0.29) is 51.4 Å². The van der Waals surface area contributed by atoms with Crippen molar-refractivity contribution in [2.75, 3.05) is 17.9 Å². The standard InChI is InChI=1S/C15H10Cl2N2OS.C4H10O2P.K/c16-11-6-12(17)8-14(7-11)21(20)19-13-5-10-3-1-2-4-15(10)18-9-13;1-3-5-7-6-4-2;/h1-9,19H;3-4H2,1-2H3;/q;-1;+1. The fourth-order valence-corrected chi connectivity index (χ4v) is 3.92. The normalized spacial score (nSPS) is 11.2. The van der Waals surface area contributed by atoms with Crippen LogP contribution in [0.5, 0.6) is 0 Å². The SMILES string of the molecule is CCO[P-]OCC.O=S(Nc1cnc2ccccc2c1)c1cc(Cl)cc(Cl)c1.[K+]. The van der Waals surface area contributed by atoms with Gasteiger partial charge in [-0.25, -0.2) is 13.2 Å². The summed E-state index contributed by atoms with van der Waals surface area (Å²) >= 11 is 11.8. The maximum absolute atomic E-state index is 12.3. The molecule has 10 heteroatoms. The van der Waals surface area contributed by atoms with Crippen LogP contribution in [-0.2, 0) is 20.0 Å². The summed E-state index contributed by atoms with van der Waals surface area (Å²) in [6.07, 6.45) is 1.65. The molecule has 0 amide bonds. The van der Waals surface area contributed by atoms with Gasteiger partial charge in [-0.3, -0.25) is 9.71 Å². The van der Waals surface area contributed by atoms with Crippen LogP contribution in [0.25, 0.3) is 10.9 Å². The van der Waals surface area contributed by atoms with Crippen molar-refractivity contribution in [1.29, 1.82) is 0 Å². The number of rotatable bonds is 7. The Hall–Kier alpha value is 0.366. The number of benzene rings is 2. The van der Waals surface area contributed by atoms with Crippen LogP contribution in [0.4, 0.5) is 5.69 Å². The van der Waals surface area contributed by atoms with Gasteiger partial charge in [0.1, 0.15) is 11.0 Å². The smallest absolute Gasteiger partial charge is 0.529 e. The van der Waals surface area contributed by atoms with E-state index in [1.54, 1.807) is 24.4 Å². The molecule has 0 aliphatic heterocycles. The van der Waals surface area contributed by atoms with Gasteiger partial charge in [-0.2, -0.15) is 0 Å². The topological polar surface area (TPSA) is 60.5 Å². The first-order chi connectivity index (χ1) is 13.5. The summed E-state index contributed by atoms with van der Waals surface area (Å²) in [5.74, 6) is 0.